The van der Waals surface area contributed by atoms with Crippen LogP contribution in [0.3, 0.4) is 0 Å². The lowest BCUT2D eigenvalue weighted by atomic mass is 9.49. The number of hydrogen-bond acceptors (Lipinski definition) is 4. The van der Waals surface area contributed by atoms with Crippen molar-refractivity contribution in [1.29, 1.82) is 0 Å². The number of esters is 1. The first-order valence-corrected chi connectivity index (χ1v) is 10.3. The van der Waals surface area contributed by atoms with Crippen LogP contribution in [0, 0.1) is 17.3 Å². The molecule has 4 fully saturated rings. The maximum absolute atomic E-state index is 12.4. The van der Waals surface area contributed by atoms with E-state index in [9.17, 15) is 9.59 Å². The van der Waals surface area contributed by atoms with E-state index in [2.05, 4.69) is 21.2 Å². The summed E-state index contributed by atoms with van der Waals surface area (Å²) < 4.78 is 10.8. The van der Waals surface area contributed by atoms with Gasteiger partial charge in [-0.1, -0.05) is 15.9 Å². The van der Waals surface area contributed by atoms with Gasteiger partial charge in [0.05, 0.1) is 18.7 Å². The highest BCUT2D eigenvalue weighted by molar-refractivity contribution is 9.10. The number of rotatable bonds is 6. The van der Waals surface area contributed by atoms with E-state index in [0.717, 1.165) is 31.1 Å². The quantitative estimate of drug-likeness (QED) is 0.551. The molecule has 5 atom stereocenters. The molecule has 1 N–H and O–H groups in total. The van der Waals surface area contributed by atoms with Crippen LogP contribution in [0.15, 0.2) is 22.8 Å². The first-order valence-electron chi connectivity index (χ1n) is 9.52. The third kappa shape index (κ3) is 3.71. The number of amides is 1. The molecule has 1 aromatic heterocycles. The van der Waals surface area contributed by atoms with E-state index >= 15 is 0 Å². The number of nitrogens with one attached hydrogen (secondary N) is 1. The Kier molecular flexibility index (Phi) is 4.66. The Morgan fingerprint density at radius 3 is 2.69 bits per heavy atom. The summed E-state index contributed by atoms with van der Waals surface area (Å²) in [4.78, 5) is 24.4. The van der Waals surface area contributed by atoms with Gasteiger partial charge in [-0.05, 0) is 74.8 Å². The van der Waals surface area contributed by atoms with Gasteiger partial charge < -0.3 is 14.5 Å². The molecule has 4 saturated carbocycles. The summed E-state index contributed by atoms with van der Waals surface area (Å²) in [6.07, 6.45) is 9.14. The van der Waals surface area contributed by atoms with Gasteiger partial charge in [0.1, 0.15) is 5.76 Å². The molecule has 5 rings (SSSR count). The van der Waals surface area contributed by atoms with Crippen molar-refractivity contribution in [3.63, 3.8) is 0 Å². The van der Waals surface area contributed by atoms with E-state index in [-0.39, 0.29) is 34.3 Å². The summed E-state index contributed by atoms with van der Waals surface area (Å²) in [5.74, 6) is 1.61. The number of ether oxygens (including phenoxy) is 1. The van der Waals surface area contributed by atoms with Crippen molar-refractivity contribution < 1.29 is 18.7 Å². The maximum Gasteiger partial charge on any atom is 0.306 e. The molecule has 6 heteroatoms. The molecule has 4 bridgehead atoms. The summed E-state index contributed by atoms with van der Waals surface area (Å²) in [6, 6.07) is 3.34. The summed E-state index contributed by atoms with van der Waals surface area (Å²) in [5.41, 5.74) is 0.0720. The molecule has 0 aromatic carbocycles. The molecule has 4 aliphatic carbocycles. The molecule has 0 radical (unpaired) electrons. The molecule has 0 aliphatic heterocycles. The van der Waals surface area contributed by atoms with Crippen molar-refractivity contribution in [2.75, 3.05) is 6.61 Å². The Labute approximate surface area is 162 Å². The van der Waals surface area contributed by atoms with Crippen LogP contribution in [0.25, 0.3) is 0 Å². The molecule has 1 aromatic rings. The summed E-state index contributed by atoms with van der Waals surface area (Å²) in [5, 5.41) is 2.79. The van der Waals surface area contributed by atoms with Gasteiger partial charge in [-0.2, -0.15) is 0 Å². The van der Waals surface area contributed by atoms with Crippen molar-refractivity contribution in [3.05, 3.63) is 24.2 Å². The Morgan fingerprint density at radius 1 is 1.35 bits per heavy atom. The van der Waals surface area contributed by atoms with Crippen LogP contribution < -0.4 is 5.32 Å². The molecule has 1 amide bonds. The number of carbonyl (C=O) groups is 2. The summed E-state index contributed by atoms with van der Waals surface area (Å²) >= 11 is 3.97. The minimum Gasteiger partial charge on any atom is -0.467 e. The van der Waals surface area contributed by atoms with Crippen LogP contribution in [0.4, 0.5) is 0 Å². The van der Waals surface area contributed by atoms with E-state index < -0.39 is 0 Å². The predicted molar refractivity (Wildman–Crippen MR) is 99.6 cm³/mol. The van der Waals surface area contributed by atoms with E-state index in [1.54, 1.807) is 18.4 Å². The highest BCUT2D eigenvalue weighted by atomic mass is 79.9. The average molecular weight is 424 g/mol. The minimum atomic E-state index is -0.301. The lowest BCUT2D eigenvalue weighted by Crippen LogP contribution is -2.53. The monoisotopic (exact) mass is 423 g/mol. The zero-order chi connectivity index (χ0) is 18.4. The third-order valence-corrected chi connectivity index (χ3v) is 7.27. The normalized spacial score (nSPS) is 35.9. The molecule has 2 unspecified atom stereocenters. The second-order valence-electron chi connectivity index (χ2n) is 8.75. The molecular formula is C20H26BrNO4. The fourth-order valence-electron chi connectivity index (χ4n) is 5.94. The Bertz CT molecular complexity index is 672. The van der Waals surface area contributed by atoms with Gasteiger partial charge in [-0.3, -0.25) is 9.59 Å². The average Bonchev–Trinajstić information content (AvgIpc) is 3.04. The zero-order valence-electron chi connectivity index (χ0n) is 15.1. The van der Waals surface area contributed by atoms with Gasteiger partial charge in [0.2, 0.25) is 0 Å². The summed E-state index contributed by atoms with van der Waals surface area (Å²) in [6.45, 7) is 1.61. The van der Waals surface area contributed by atoms with Crippen molar-refractivity contribution >= 4 is 27.8 Å². The third-order valence-electron chi connectivity index (χ3n) is 6.34. The van der Waals surface area contributed by atoms with Crippen molar-refractivity contribution in [1.82, 2.24) is 5.32 Å². The SMILES string of the molecule is C[C@@H](NC(=O)COC(=O)CC12C[C@@H]3C[C@@H](CC(Br)(C3)C1)C2)c1ccco1. The zero-order valence-corrected chi connectivity index (χ0v) is 16.7. The van der Waals surface area contributed by atoms with Crippen LogP contribution in [0.5, 0.6) is 0 Å². The van der Waals surface area contributed by atoms with Gasteiger partial charge in [-0.25, -0.2) is 0 Å². The second kappa shape index (κ2) is 6.70. The molecule has 5 nitrogen and oxygen atoms in total. The first kappa shape index (κ1) is 18.1. The van der Waals surface area contributed by atoms with Gasteiger partial charge in [0.15, 0.2) is 6.61 Å². The standard InChI is InChI=1S/C20H26BrNO4/c1-13(16-3-2-4-25-16)22-17(23)11-26-18(24)10-19-6-14-5-15(7-19)9-20(21,8-14)12-19/h2-4,13-15H,5-12H2,1H3,(H,22,23)/t13-,14-,15+,19?,20?/m1/s1. The van der Waals surface area contributed by atoms with Gasteiger partial charge in [0.25, 0.3) is 5.91 Å². The van der Waals surface area contributed by atoms with Crippen LogP contribution in [0.1, 0.15) is 63.7 Å². The van der Waals surface area contributed by atoms with Gasteiger partial charge >= 0.3 is 5.97 Å². The largest absolute Gasteiger partial charge is 0.467 e. The van der Waals surface area contributed by atoms with Crippen LogP contribution >= 0.6 is 15.9 Å². The van der Waals surface area contributed by atoms with Crippen LogP contribution in [-0.4, -0.2) is 22.8 Å². The number of carbonyl (C=O) groups excluding carboxylic acids is 2. The van der Waals surface area contributed by atoms with Crippen LogP contribution in [0.2, 0.25) is 0 Å². The highest BCUT2D eigenvalue weighted by Crippen LogP contribution is 2.65. The molecule has 26 heavy (non-hydrogen) atoms. The molecule has 4 aliphatic rings. The Hall–Kier alpha value is -1.30. The first-order chi connectivity index (χ1) is 12.3. The lowest BCUT2D eigenvalue weighted by Gasteiger charge is -2.60. The van der Waals surface area contributed by atoms with E-state index in [1.165, 1.54) is 19.3 Å². The second-order valence-corrected chi connectivity index (χ2v) is 10.4. The highest BCUT2D eigenvalue weighted by Gasteiger charge is 2.57. The number of hydrogen-bond donors (Lipinski definition) is 1. The van der Waals surface area contributed by atoms with Crippen molar-refractivity contribution in [3.8, 4) is 0 Å². The van der Waals surface area contributed by atoms with Gasteiger partial charge in [0, 0.05) is 4.32 Å². The number of furan rings is 1. The number of alkyl halides is 1. The molecule has 0 spiro atoms. The van der Waals surface area contributed by atoms with Crippen molar-refractivity contribution in [2.24, 2.45) is 17.3 Å². The van der Waals surface area contributed by atoms with E-state index in [0.29, 0.717) is 12.2 Å². The predicted octanol–water partition coefficient (Wildman–Crippen LogP) is 4.12. The maximum atomic E-state index is 12.4. The summed E-state index contributed by atoms with van der Waals surface area (Å²) in [7, 11) is 0. The molecular weight excluding hydrogens is 398 g/mol. The van der Waals surface area contributed by atoms with Gasteiger partial charge in [-0.15, -0.1) is 0 Å². The van der Waals surface area contributed by atoms with Crippen molar-refractivity contribution in [2.45, 2.75) is 62.2 Å². The smallest absolute Gasteiger partial charge is 0.306 e. The molecule has 142 valence electrons. The molecule has 0 saturated heterocycles. The Morgan fingerprint density at radius 2 is 2.08 bits per heavy atom. The number of halogens is 1. The fourth-order valence-corrected chi connectivity index (χ4v) is 7.45. The Balaban J connectivity index is 1.27. The van der Waals surface area contributed by atoms with Crippen LogP contribution in [-0.2, 0) is 14.3 Å². The van der Waals surface area contributed by atoms with E-state index in [1.807, 2.05) is 6.92 Å². The fraction of sp³-hybridized carbons (Fsp3) is 0.700. The van der Waals surface area contributed by atoms with E-state index in [4.69, 9.17) is 9.15 Å². The topological polar surface area (TPSA) is 68.5 Å². The lowest BCUT2D eigenvalue weighted by molar-refractivity contribution is -0.154. The molecule has 1 heterocycles. The minimum absolute atomic E-state index is 0.0720.